The van der Waals surface area contributed by atoms with Gasteiger partial charge in [0.2, 0.25) is 5.91 Å². The Morgan fingerprint density at radius 3 is 2.62 bits per heavy atom. The van der Waals surface area contributed by atoms with Gasteiger partial charge in [-0.3, -0.25) is 4.79 Å². The first-order valence-electron chi connectivity index (χ1n) is 7.63. The van der Waals surface area contributed by atoms with Crippen molar-refractivity contribution in [3.63, 3.8) is 0 Å². The van der Waals surface area contributed by atoms with Gasteiger partial charge in [0.1, 0.15) is 0 Å². The van der Waals surface area contributed by atoms with Gasteiger partial charge in [0.15, 0.2) is 0 Å². The lowest BCUT2D eigenvalue weighted by atomic mass is 9.88. The van der Waals surface area contributed by atoms with Crippen LogP contribution < -0.4 is 11.1 Å². The van der Waals surface area contributed by atoms with Crippen molar-refractivity contribution < 1.29 is 9.90 Å². The van der Waals surface area contributed by atoms with Gasteiger partial charge in [-0.05, 0) is 36.7 Å². The molecule has 1 aromatic carbocycles. The maximum Gasteiger partial charge on any atom is 0.236 e. The summed E-state index contributed by atoms with van der Waals surface area (Å²) >= 11 is 0. The molecule has 4 heteroatoms. The average Bonchev–Trinajstić information content (AvgIpc) is 2.49. The number of hydrogen-bond acceptors (Lipinski definition) is 3. The van der Waals surface area contributed by atoms with Crippen LogP contribution in [0.4, 0.5) is 0 Å². The molecular weight excluding hydrogens is 264 g/mol. The fraction of sp³-hybridized carbons (Fsp3) is 0.588. The van der Waals surface area contributed by atoms with Gasteiger partial charge in [-0.25, -0.2) is 0 Å². The van der Waals surface area contributed by atoms with Gasteiger partial charge in [0.05, 0.1) is 6.04 Å². The fourth-order valence-electron chi connectivity index (χ4n) is 2.20. The third-order valence-corrected chi connectivity index (χ3v) is 3.68. The van der Waals surface area contributed by atoms with E-state index in [2.05, 4.69) is 19.2 Å². The van der Waals surface area contributed by atoms with Gasteiger partial charge in [0, 0.05) is 13.2 Å². The first kappa shape index (κ1) is 17.7. The molecule has 1 rings (SSSR count). The molecule has 0 saturated carbocycles. The predicted octanol–water partition coefficient (Wildman–Crippen LogP) is 1.86. The standard InChI is InChI=1S/C17H28N2O2/c1-17(2,11-6-12-20)13-19-16(21)15(18)10-9-14-7-4-3-5-8-14/h3-5,7-8,15,20H,6,9-13,18H2,1-2H3,(H,19,21). The number of benzene rings is 1. The number of carbonyl (C=O) groups excluding carboxylic acids is 1. The maximum absolute atomic E-state index is 12.0. The molecule has 0 aliphatic rings. The zero-order valence-corrected chi connectivity index (χ0v) is 13.1. The minimum absolute atomic E-state index is 0.0163. The van der Waals surface area contributed by atoms with Crippen LogP contribution in [0.15, 0.2) is 30.3 Å². The van der Waals surface area contributed by atoms with E-state index in [0.29, 0.717) is 13.0 Å². The Morgan fingerprint density at radius 2 is 2.00 bits per heavy atom. The minimum Gasteiger partial charge on any atom is -0.396 e. The van der Waals surface area contributed by atoms with Gasteiger partial charge in [-0.1, -0.05) is 44.2 Å². The first-order valence-corrected chi connectivity index (χ1v) is 7.63. The molecule has 0 fully saturated rings. The molecule has 1 aromatic rings. The van der Waals surface area contributed by atoms with Gasteiger partial charge >= 0.3 is 0 Å². The molecule has 4 N–H and O–H groups in total. The summed E-state index contributed by atoms with van der Waals surface area (Å²) in [4.78, 5) is 12.0. The maximum atomic E-state index is 12.0. The second kappa shape index (κ2) is 8.80. The molecule has 1 amide bonds. The van der Waals surface area contributed by atoms with E-state index in [1.807, 2.05) is 30.3 Å². The molecule has 1 unspecified atom stereocenters. The molecule has 1 atom stereocenters. The van der Waals surface area contributed by atoms with Crippen molar-refractivity contribution in [3.05, 3.63) is 35.9 Å². The minimum atomic E-state index is -0.473. The van der Waals surface area contributed by atoms with Gasteiger partial charge in [0.25, 0.3) is 0 Å². The zero-order valence-electron chi connectivity index (χ0n) is 13.1. The number of nitrogens with two attached hydrogens (primary N) is 1. The summed E-state index contributed by atoms with van der Waals surface area (Å²) in [5, 5.41) is 11.8. The van der Waals surface area contributed by atoms with Crippen molar-refractivity contribution in [3.8, 4) is 0 Å². The molecule has 0 bridgehead atoms. The van der Waals surface area contributed by atoms with Gasteiger partial charge < -0.3 is 16.2 Å². The molecule has 118 valence electrons. The Balaban J connectivity index is 2.31. The van der Waals surface area contributed by atoms with E-state index in [9.17, 15) is 4.79 Å². The monoisotopic (exact) mass is 292 g/mol. The Kier molecular flexibility index (Phi) is 7.40. The number of aliphatic hydroxyl groups excluding tert-OH is 1. The van der Waals surface area contributed by atoms with Crippen molar-refractivity contribution in [2.24, 2.45) is 11.1 Å². The third-order valence-electron chi connectivity index (χ3n) is 3.68. The van der Waals surface area contributed by atoms with Crippen LogP contribution in [0.2, 0.25) is 0 Å². The smallest absolute Gasteiger partial charge is 0.236 e. The highest BCUT2D eigenvalue weighted by Gasteiger charge is 2.20. The van der Waals surface area contributed by atoms with Crippen molar-refractivity contribution in [2.75, 3.05) is 13.2 Å². The number of aliphatic hydroxyl groups is 1. The van der Waals surface area contributed by atoms with E-state index in [0.717, 1.165) is 19.3 Å². The van der Waals surface area contributed by atoms with Crippen molar-refractivity contribution >= 4 is 5.91 Å². The molecule has 21 heavy (non-hydrogen) atoms. The number of amides is 1. The summed E-state index contributed by atoms with van der Waals surface area (Å²) in [6, 6.07) is 9.57. The highest BCUT2D eigenvalue weighted by Crippen LogP contribution is 2.20. The third kappa shape index (κ3) is 7.25. The van der Waals surface area contributed by atoms with Crippen LogP contribution in [0.25, 0.3) is 0 Å². The van der Waals surface area contributed by atoms with E-state index in [1.54, 1.807) is 0 Å². The van der Waals surface area contributed by atoms with Crippen LogP contribution in [0.5, 0.6) is 0 Å². The summed E-state index contributed by atoms with van der Waals surface area (Å²) in [5.74, 6) is -0.0944. The molecule has 0 aromatic heterocycles. The number of nitrogens with one attached hydrogen (secondary N) is 1. The van der Waals surface area contributed by atoms with E-state index in [-0.39, 0.29) is 17.9 Å². The van der Waals surface area contributed by atoms with Crippen LogP contribution in [0, 0.1) is 5.41 Å². The summed E-state index contributed by atoms with van der Waals surface area (Å²) in [5.41, 5.74) is 7.12. The highest BCUT2D eigenvalue weighted by molar-refractivity contribution is 5.81. The van der Waals surface area contributed by atoms with Crippen LogP contribution >= 0.6 is 0 Å². The van der Waals surface area contributed by atoms with E-state index in [1.165, 1.54) is 5.56 Å². The topological polar surface area (TPSA) is 75.3 Å². The second-order valence-electron chi connectivity index (χ2n) is 6.34. The van der Waals surface area contributed by atoms with Crippen molar-refractivity contribution in [1.82, 2.24) is 5.32 Å². The molecule has 0 spiro atoms. The van der Waals surface area contributed by atoms with E-state index in [4.69, 9.17) is 10.8 Å². The molecule has 0 saturated heterocycles. The predicted molar refractivity (Wildman–Crippen MR) is 85.8 cm³/mol. The van der Waals surface area contributed by atoms with Crippen molar-refractivity contribution in [1.29, 1.82) is 0 Å². The molecule has 0 aliphatic heterocycles. The van der Waals surface area contributed by atoms with E-state index < -0.39 is 6.04 Å². The summed E-state index contributed by atoms with van der Waals surface area (Å²) in [6.07, 6.45) is 3.09. The number of rotatable bonds is 9. The Hall–Kier alpha value is -1.39. The first-order chi connectivity index (χ1) is 9.94. The molecule has 0 heterocycles. The quantitative estimate of drug-likeness (QED) is 0.650. The second-order valence-corrected chi connectivity index (χ2v) is 6.34. The largest absolute Gasteiger partial charge is 0.396 e. The van der Waals surface area contributed by atoms with Crippen LogP contribution in [-0.4, -0.2) is 30.2 Å². The molecule has 0 aliphatic carbocycles. The van der Waals surface area contributed by atoms with Crippen molar-refractivity contribution in [2.45, 2.75) is 45.6 Å². The number of hydrogen-bond donors (Lipinski definition) is 3. The van der Waals surface area contributed by atoms with E-state index >= 15 is 0 Å². The summed E-state index contributed by atoms with van der Waals surface area (Å²) in [6.45, 7) is 4.94. The lowest BCUT2D eigenvalue weighted by Crippen LogP contribution is -2.44. The number of aryl methyl sites for hydroxylation is 1. The van der Waals surface area contributed by atoms with Crippen LogP contribution in [0.3, 0.4) is 0 Å². The molecule has 4 nitrogen and oxygen atoms in total. The Labute approximate surface area is 127 Å². The lowest BCUT2D eigenvalue weighted by molar-refractivity contribution is -0.122. The van der Waals surface area contributed by atoms with Gasteiger partial charge in [-0.15, -0.1) is 0 Å². The normalized spacial score (nSPS) is 13.0. The lowest BCUT2D eigenvalue weighted by Gasteiger charge is -2.25. The fourth-order valence-corrected chi connectivity index (χ4v) is 2.20. The number of carbonyl (C=O) groups is 1. The van der Waals surface area contributed by atoms with Gasteiger partial charge in [-0.2, -0.15) is 0 Å². The SMILES string of the molecule is CC(C)(CCCO)CNC(=O)C(N)CCc1ccccc1. The Morgan fingerprint density at radius 1 is 1.33 bits per heavy atom. The highest BCUT2D eigenvalue weighted by atomic mass is 16.2. The van der Waals surface area contributed by atoms with Crippen LogP contribution in [0.1, 0.15) is 38.7 Å². The average molecular weight is 292 g/mol. The zero-order chi connectivity index (χ0) is 15.7. The summed E-state index contributed by atoms with van der Waals surface area (Å²) < 4.78 is 0. The Bertz CT molecular complexity index is 418. The van der Waals surface area contributed by atoms with Crippen LogP contribution in [-0.2, 0) is 11.2 Å². The molecule has 0 radical (unpaired) electrons. The summed E-state index contributed by atoms with van der Waals surface area (Å²) in [7, 11) is 0. The molecular formula is C17H28N2O2.